The summed E-state index contributed by atoms with van der Waals surface area (Å²) in [6.45, 7) is 4.79. The van der Waals surface area contributed by atoms with Crippen LogP contribution in [0.2, 0.25) is 0 Å². The number of rotatable bonds is 10. The van der Waals surface area contributed by atoms with Gasteiger partial charge in [-0.3, -0.25) is 9.59 Å². The van der Waals surface area contributed by atoms with Crippen LogP contribution in [0.25, 0.3) is 0 Å². The van der Waals surface area contributed by atoms with Crippen LogP contribution in [0.1, 0.15) is 54.6 Å². The molecule has 1 aliphatic rings. The summed E-state index contributed by atoms with van der Waals surface area (Å²) in [6.07, 6.45) is 3.42. The topological polar surface area (TPSA) is 61.4 Å². The largest absolute Gasteiger partial charge is 0.354 e. The molecule has 2 aromatic rings. The van der Waals surface area contributed by atoms with Gasteiger partial charge < -0.3 is 15.5 Å². The van der Waals surface area contributed by atoms with E-state index in [1.54, 1.807) is 0 Å². The van der Waals surface area contributed by atoms with Gasteiger partial charge in [0.05, 0.1) is 0 Å². The Bertz CT molecular complexity index is 871. The summed E-state index contributed by atoms with van der Waals surface area (Å²) in [4.78, 5) is 26.9. The molecule has 1 saturated carbocycles. The molecule has 166 valence electrons. The Morgan fingerprint density at radius 3 is 2.26 bits per heavy atom. The minimum absolute atomic E-state index is 0.00602. The van der Waals surface area contributed by atoms with Crippen LogP contribution in [0.3, 0.4) is 0 Å². The average molecular weight is 422 g/mol. The van der Waals surface area contributed by atoms with Crippen LogP contribution in [0.15, 0.2) is 54.6 Å². The first-order valence-corrected chi connectivity index (χ1v) is 11.1. The van der Waals surface area contributed by atoms with Gasteiger partial charge in [-0.05, 0) is 62.0 Å². The summed E-state index contributed by atoms with van der Waals surface area (Å²) in [6, 6.07) is 18.5. The highest BCUT2D eigenvalue weighted by atomic mass is 16.2. The third-order valence-electron chi connectivity index (χ3n) is 6.02. The normalized spacial score (nSPS) is 14.9. The maximum atomic E-state index is 12.7. The maximum absolute atomic E-state index is 12.7. The van der Waals surface area contributed by atoms with Crippen LogP contribution in [-0.2, 0) is 16.6 Å². The fraction of sp³-hybridized carbons (Fsp3) is 0.462. The van der Waals surface area contributed by atoms with Crippen molar-refractivity contribution in [2.45, 2.75) is 57.0 Å². The molecule has 0 spiro atoms. The quantitative estimate of drug-likeness (QED) is 0.617. The number of amides is 2. The van der Waals surface area contributed by atoms with Gasteiger partial charge in [0, 0.05) is 30.6 Å². The standard InChI is InChI=1S/C26H35N3O2/c1-26(2,21-8-6-5-7-9-21)17-24(30)27-18-23(29(3)4)16-19-10-12-20(13-11-19)25(31)28-22-14-15-22/h5-13,22-23H,14-18H2,1-4H3,(H,27,30)(H,28,31)/t23-/m0/s1. The molecule has 0 heterocycles. The molecular formula is C26H35N3O2. The maximum Gasteiger partial charge on any atom is 0.251 e. The van der Waals surface area contributed by atoms with Gasteiger partial charge in [-0.15, -0.1) is 0 Å². The van der Waals surface area contributed by atoms with Gasteiger partial charge in [0.15, 0.2) is 0 Å². The molecule has 5 nitrogen and oxygen atoms in total. The van der Waals surface area contributed by atoms with E-state index in [1.165, 1.54) is 5.56 Å². The summed E-state index contributed by atoms with van der Waals surface area (Å²) in [5, 5.41) is 6.14. The van der Waals surface area contributed by atoms with Gasteiger partial charge in [-0.2, -0.15) is 0 Å². The summed E-state index contributed by atoms with van der Waals surface area (Å²) < 4.78 is 0. The SMILES string of the molecule is CN(C)[C@H](CNC(=O)CC(C)(C)c1ccccc1)Cc1ccc(C(=O)NC2CC2)cc1. The first-order chi connectivity index (χ1) is 14.7. The summed E-state index contributed by atoms with van der Waals surface area (Å²) >= 11 is 0. The number of nitrogens with zero attached hydrogens (tertiary/aromatic N) is 1. The average Bonchev–Trinajstić information content (AvgIpc) is 3.55. The van der Waals surface area contributed by atoms with E-state index in [-0.39, 0.29) is 23.3 Å². The Balaban J connectivity index is 1.52. The minimum Gasteiger partial charge on any atom is -0.354 e. The zero-order chi connectivity index (χ0) is 22.4. The van der Waals surface area contributed by atoms with Crippen LogP contribution < -0.4 is 10.6 Å². The molecule has 0 saturated heterocycles. The van der Waals surface area contributed by atoms with Gasteiger partial charge in [0.25, 0.3) is 5.91 Å². The van der Waals surface area contributed by atoms with E-state index in [4.69, 9.17) is 0 Å². The zero-order valence-corrected chi connectivity index (χ0v) is 19.2. The molecule has 31 heavy (non-hydrogen) atoms. The second-order valence-corrected chi connectivity index (χ2v) is 9.50. The van der Waals surface area contributed by atoms with E-state index < -0.39 is 0 Å². The zero-order valence-electron chi connectivity index (χ0n) is 19.2. The smallest absolute Gasteiger partial charge is 0.251 e. The fourth-order valence-electron chi connectivity index (χ4n) is 3.68. The highest BCUT2D eigenvalue weighted by Crippen LogP contribution is 2.26. The lowest BCUT2D eigenvalue weighted by Gasteiger charge is -2.27. The van der Waals surface area contributed by atoms with Crippen molar-refractivity contribution in [1.29, 1.82) is 0 Å². The van der Waals surface area contributed by atoms with Crippen LogP contribution in [0.4, 0.5) is 0 Å². The predicted octanol–water partition coefficient (Wildman–Crippen LogP) is 3.54. The van der Waals surface area contributed by atoms with Crippen molar-refractivity contribution in [1.82, 2.24) is 15.5 Å². The summed E-state index contributed by atoms with van der Waals surface area (Å²) in [5.41, 5.74) is 2.81. The molecule has 2 amide bonds. The lowest BCUT2D eigenvalue weighted by molar-refractivity contribution is -0.122. The van der Waals surface area contributed by atoms with E-state index in [1.807, 2.05) is 56.6 Å². The van der Waals surface area contributed by atoms with Crippen LogP contribution in [0.5, 0.6) is 0 Å². The van der Waals surface area contributed by atoms with E-state index >= 15 is 0 Å². The molecule has 0 bridgehead atoms. The van der Waals surface area contributed by atoms with Crippen LogP contribution >= 0.6 is 0 Å². The molecule has 1 aliphatic carbocycles. The van der Waals surface area contributed by atoms with Gasteiger partial charge in [-0.25, -0.2) is 0 Å². The lowest BCUT2D eigenvalue weighted by atomic mass is 9.81. The summed E-state index contributed by atoms with van der Waals surface area (Å²) in [7, 11) is 4.06. The van der Waals surface area contributed by atoms with E-state index in [2.05, 4.69) is 41.5 Å². The number of carbonyl (C=O) groups is 2. The molecule has 0 aliphatic heterocycles. The molecule has 0 radical (unpaired) electrons. The van der Waals surface area contributed by atoms with Crippen molar-refractivity contribution < 1.29 is 9.59 Å². The van der Waals surface area contributed by atoms with E-state index in [9.17, 15) is 9.59 Å². The van der Waals surface area contributed by atoms with Crippen LogP contribution in [-0.4, -0.2) is 49.4 Å². The fourth-order valence-corrected chi connectivity index (χ4v) is 3.68. The third-order valence-corrected chi connectivity index (χ3v) is 6.02. The molecule has 1 atom stereocenters. The van der Waals surface area contributed by atoms with Crippen molar-refractivity contribution in [2.24, 2.45) is 0 Å². The van der Waals surface area contributed by atoms with Gasteiger partial charge in [0.2, 0.25) is 5.91 Å². The van der Waals surface area contributed by atoms with Crippen LogP contribution in [0, 0.1) is 0 Å². The highest BCUT2D eigenvalue weighted by molar-refractivity contribution is 5.94. The Kier molecular flexibility index (Phi) is 7.50. The Morgan fingerprint density at radius 1 is 1.03 bits per heavy atom. The highest BCUT2D eigenvalue weighted by Gasteiger charge is 2.25. The first-order valence-electron chi connectivity index (χ1n) is 11.1. The molecule has 5 heteroatoms. The summed E-state index contributed by atoms with van der Waals surface area (Å²) in [5.74, 6) is 0.0688. The molecule has 2 N–H and O–H groups in total. The second kappa shape index (κ2) is 10.1. The number of hydrogen-bond donors (Lipinski definition) is 2. The molecule has 1 fully saturated rings. The Labute approximate surface area is 186 Å². The predicted molar refractivity (Wildman–Crippen MR) is 125 cm³/mol. The first kappa shape index (κ1) is 23.0. The molecule has 2 aromatic carbocycles. The van der Waals surface area contributed by atoms with Crippen molar-refractivity contribution in [3.63, 3.8) is 0 Å². The van der Waals surface area contributed by atoms with E-state index in [0.29, 0.717) is 24.6 Å². The van der Waals surface area contributed by atoms with E-state index in [0.717, 1.165) is 24.8 Å². The number of hydrogen-bond acceptors (Lipinski definition) is 3. The minimum atomic E-state index is -0.212. The van der Waals surface area contributed by atoms with Crippen molar-refractivity contribution >= 4 is 11.8 Å². The van der Waals surface area contributed by atoms with Gasteiger partial charge in [-0.1, -0.05) is 56.3 Å². The number of likely N-dealkylation sites (N-methyl/N-ethyl adjacent to an activating group) is 1. The monoisotopic (exact) mass is 421 g/mol. The number of nitrogens with one attached hydrogen (secondary N) is 2. The number of benzene rings is 2. The Hall–Kier alpha value is -2.66. The molecule has 0 aromatic heterocycles. The third kappa shape index (κ3) is 6.93. The van der Waals surface area contributed by atoms with Gasteiger partial charge >= 0.3 is 0 Å². The van der Waals surface area contributed by atoms with Crippen molar-refractivity contribution in [3.05, 3.63) is 71.3 Å². The van der Waals surface area contributed by atoms with Gasteiger partial charge in [0.1, 0.15) is 0 Å². The Morgan fingerprint density at radius 2 is 1.68 bits per heavy atom. The second-order valence-electron chi connectivity index (χ2n) is 9.50. The molecule has 0 unspecified atom stereocenters. The van der Waals surface area contributed by atoms with Crippen molar-refractivity contribution in [3.8, 4) is 0 Å². The van der Waals surface area contributed by atoms with Crippen molar-refractivity contribution in [2.75, 3.05) is 20.6 Å². The molecule has 3 rings (SSSR count). The number of carbonyl (C=O) groups excluding carboxylic acids is 2. The lowest BCUT2D eigenvalue weighted by Crippen LogP contribution is -2.42. The molecular weight excluding hydrogens is 386 g/mol.